The van der Waals surface area contributed by atoms with Crippen molar-refractivity contribution in [3.63, 3.8) is 0 Å². The van der Waals surface area contributed by atoms with Gasteiger partial charge in [-0.15, -0.1) is 0 Å². The van der Waals surface area contributed by atoms with Crippen molar-refractivity contribution in [2.24, 2.45) is 0 Å². The van der Waals surface area contributed by atoms with E-state index in [2.05, 4.69) is 32.0 Å². The number of rotatable bonds is 15. The number of aryl methyl sites for hydroxylation is 2. The second-order valence-electron chi connectivity index (χ2n) is 7.03. The van der Waals surface area contributed by atoms with Gasteiger partial charge in [0.15, 0.2) is 0 Å². The first-order valence-electron chi connectivity index (χ1n) is 10.1. The summed E-state index contributed by atoms with van der Waals surface area (Å²) >= 11 is 0. The molecule has 0 unspecified atom stereocenters. The van der Waals surface area contributed by atoms with E-state index in [-0.39, 0.29) is 48.3 Å². The summed E-state index contributed by atoms with van der Waals surface area (Å²) in [5, 5.41) is 0. The predicted octanol–water partition coefficient (Wildman–Crippen LogP) is 2.25. The third kappa shape index (κ3) is 13.7. The zero-order chi connectivity index (χ0) is 19.3. The topological polar surface area (TPSA) is 66.4 Å². The molecule has 0 radical (unpaired) electrons. The summed E-state index contributed by atoms with van der Waals surface area (Å²) < 4.78 is 38.0. The van der Waals surface area contributed by atoms with Gasteiger partial charge >= 0.3 is 29.6 Å². The first-order chi connectivity index (χ1) is 12.5. The van der Waals surface area contributed by atoms with Gasteiger partial charge in [0.05, 0.1) is 16.7 Å². The van der Waals surface area contributed by atoms with Crippen LogP contribution in [0.25, 0.3) is 0 Å². The Morgan fingerprint density at radius 1 is 0.889 bits per heavy atom. The molecule has 27 heavy (non-hydrogen) atoms. The Hall–Kier alpha value is -0.0700. The number of benzene rings is 1. The van der Waals surface area contributed by atoms with Gasteiger partial charge < -0.3 is 9.29 Å². The van der Waals surface area contributed by atoms with E-state index in [1.807, 2.05) is 0 Å². The van der Waals surface area contributed by atoms with Crippen molar-refractivity contribution >= 4 is 10.1 Å². The molecule has 1 aromatic carbocycles. The fourth-order valence-corrected chi connectivity index (χ4v) is 3.48. The van der Waals surface area contributed by atoms with E-state index in [0.29, 0.717) is 0 Å². The van der Waals surface area contributed by atoms with Crippen molar-refractivity contribution in [2.75, 3.05) is 12.4 Å². The first kappa shape index (κ1) is 26.9. The maximum absolute atomic E-state index is 10.7. The minimum Gasteiger partial charge on any atom is -0.748 e. The van der Waals surface area contributed by atoms with Crippen LogP contribution in [-0.4, -0.2) is 25.3 Å². The van der Waals surface area contributed by atoms with E-state index in [0.717, 1.165) is 25.0 Å². The number of unbranched alkanes of at least 4 members (excludes halogenated alkanes) is 6. The Balaban J connectivity index is 0.00000676. The van der Waals surface area contributed by atoms with Crippen molar-refractivity contribution in [3.8, 4) is 5.75 Å². The summed E-state index contributed by atoms with van der Waals surface area (Å²) in [6.07, 6.45) is 12.0. The molecule has 0 atom stereocenters. The van der Waals surface area contributed by atoms with Crippen molar-refractivity contribution in [1.29, 1.82) is 0 Å². The summed E-state index contributed by atoms with van der Waals surface area (Å²) in [5.74, 6) is 0.494. The van der Waals surface area contributed by atoms with Crippen molar-refractivity contribution in [1.82, 2.24) is 0 Å². The van der Waals surface area contributed by atoms with E-state index in [1.54, 1.807) is 0 Å². The van der Waals surface area contributed by atoms with Crippen molar-refractivity contribution < 1.29 is 47.3 Å². The minimum atomic E-state index is -4.16. The van der Waals surface area contributed by atoms with Crippen LogP contribution in [0.4, 0.5) is 0 Å². The van der Waals surface area contributed by atoms with E-state index in [9.17, 15) is 13.0 Å². The molecule has 0 saturated heterocycles. The molecule has 0 spiro atoms. The standard InChI is InChI=1S/C21H36O4S.Na/c1-3-5-7-9-12-19-14-15-20(13-10-8-6-4-2)21(18-19)25-16-11-17-26(22,23)24;/h14-15,18H,3-13,16-17H2,1-2H3,(H,22,23,24);/q;+1/p-1. The molecule has 4 nitrogen and oxygen atoms in total. The molecule has 0 fully saturated rings. The Kier molecular flexibility index (Phi) is 15.8. The van der Waals surface area contributed by atoms with Crippen LogP contribution in [-0.2, 0) is 23.0 Å². The fourth-order valence-electron chi connectivity index (χ4n) is 3.01. The fraction of sp³-hybridized carbons (Fsp3) is 0.714. The van der Waals surface area contributed by atoms with Gasteiger partial charge in [-0.25, -0.2) is 8.42 Å². The van der Waals surface area contributed by atoms with Crippen LogP contribution < -0.4 is 34.3 Å². The maximum atomic E-state index is 10.7. The molecule has 0 bridgehead atoms. The molecule has 0 aliphatic heterocycles. The van der Waals surface area contributed by atoms with E-state index >= 15 is 0 Å². The normalized spacial score (nSPS) is 11.2. The summed E-state index contributed by atoms with van der Waals surface area (Å²) in [5.41, 5.74) is 2.45. The van der Waals surface area contributed by atoms with Crippen LogP contribution in [0.5, 0.6) is 5.75 Å². The Bertz CT molecular complexity index is 602. The van der Waals surface area contributed by atoms with Crippen LogP contribution in [0.2, 0.25) is 0 Å². The summed E-state index contributed by atoms with van der Waals surface area (Å²) in [4.78, 5) is 0. The maximum Gasteiger partial charge on any atom is 1.00 e. The van der Waals surface area contributed by atoms with Gasteiger partial charge in [0.2, 0.25) is 0 Å². The first-order valence-corrected chi connectivity index (χ1v) is 11.7. The van der Waals surface area contributed by atoms with E-state index in [4.69, 9.17) is 4.74 Å². The van der Waals surface area contributed by atoms with Gasteiger partial charge in [0.1, 0.15) is 5.75 Å². The average Bonchev–Trinajstić information content (AvgIpc) is 2.60. The molecule has 0 heterocycles. The number of hydrogen-bond donors (Lipinski definition) is 0. The van der Waals surface area contributed by atoms with Gasteiger partial charge in [-0.05, 0) is 49.3 Å². The summed E-state index contributed by atoms with van der Waals surface area (Å²) in [6, 6.07) is 6.45. The second-order valence-corrected chi connectivity index (χ2v) is 8.55. The minimum absolute atomic E-state index is 0. The molecule has 6 heteroatoms. The van der Waals surface area contributed by atoms with E-state index in [1.165, 1.54) is 56.1 Å². The third-order valence-electron chi connectivity index (χ3n) is 4.55. The molecular weight excluding hydrogens is 371 g/mol. The molecule has 0 aromatic heterocycles. The zero-order valence-electron chi connectivity index (χ0n) is 17.5. The zero-order valence-corrected chi connectivity index (χ0v) is 20.3. The van der Waals surface area contributed by atoms with Gasteiger partial charge in [-0.2, -0.15) is 0 Å². The van der Waals surface area contributed by atoms with Crippen LogP contribution in [0.3, 0.4) is 0 Å². The van der Waals surface area contributed by atoms with Gasteiger partial charge in [0.25, 0.3) is 0 Å². The van der Waals surface area contributed by atoms with Crippen molar-refractivity contribution in [2.45, 2.75) is 84.5 Å². The molecule has 1 aromatic rings. The van der Waals surface area contributed by atoms with Crippen LogP contribution in [0, 0.1) is 0 Å². The van der Waals surface area contributed by atoms with Crippen LogP contribution in [0.15, 0.2) is 18.2 Å². The van der Waals surface area contributed by atoms with Gasteiger partial charge in [-0.3, -0.25) is 0 Å². The molecule has 0 aliphatic rings. The van der Waals surface area contributed by atoms with Crippen molar-refractivity contribution in [3.05, 3.63) is 29.3 Å². The monoisotopic (exact) mass is 406 g/mol. The smallest absolute Gasteiger partial charge is 0.748 e. The van der Waals surface area contributed by atoms with Gasteiger partial charge in [0, 0.05) is 5.75 Å². The largest absolute Gasteiger partial charge is 1.00 e. The number of ether oxygens (including phenoxy) is 1. The molecular formula is C21H35NaO4S. The molecule has 0 N–H and O–H groups in total. The predicted molar refractivity (Wildman–Crippen MR) is 107 cm³/mol. The number of hydrogen-bond acceptors (Lipinski definition) is 4. The Morgan fingerprint density at radius 2 is 1.52 bits per heavy atom. The Morgan fingerprint density at radius 3 is 2.11 bits per heavy atom. The average molecular weight is 407 g/mol. The molecule has 1 rings (SSSR count). The second kappa shape index (κ2) is 15.8. The van der Waals surface area contributed by atoms with Crippen LogP contribution in [0.1, 0.15) is 82.8 Å². The molecule has 0 amide bonds. The summed E-state index contributed by atoms with van der Waals surface area (Å²) in [6.45, 7) is 4.68. The molecule has 0 saturated carbocycles. The summed E-state index contributed by atoms with van der Waals surface area (Å²) in [7, 11) is -4.16. The molecule has 150 valence electrons. The Labute approximate surface area is 188 Å². The van der Waals surface area contributed by atoms with E-state index < -0.39 is 10.1 Å². The SMILES string of the molecule is CCCCCCc1ccc(CCCCCC)c(OCCCS(=O)(=O)[O-])c1.[Na+]. The molecule has 0 aliphatic carbocycles. The quantitative estimate of drug-likeness (QED) is 0.255. The van der Waals surface area contributed by atoms with Gasteiger partial charge in [-0.1, -0.05) is 64.5 Å². The van der Waals surface area contributed by atoms with Crippen LogP contribution >= 0.6 is 0 Å². The third-order valence-corrected chi connectivity index (χ3v) is 5.34.